The highest BCUT2D eigenvalue weighted by atomic mass is 16.3. The summed E-state index contributed by atoms with van der Waals surface area (Å²) in [5, 5.41) is 16.0. The van der Waals surface area contributed by atoms with E-state index in [2.05, 4.69) is 29.4 Å². The van der Waals surface area contributed by atoms with Gasteiger partial charge < -0.3 is 20.6 Å². The Hall–Kier alpha value is -1.18. The highest BCUT2D eigenvalue weighted by Gasteiger charge is 2.56. The van der Waals surface area contributed by atoms with E-state index in [0.717, 1.165) is 19.4 Å². The fraction of sp³-hybridized carbons (Fsp3) is 0.882. The summed E-state index contributed by atoms with van der Waals surface area (Å²) in [6.07, 6.45) is 1.02. The van der Waals surface area contributed by atoms with Crippen molar-refractivity contribution in [3.8, 4) is 0 Å². The highest BCUT2D eigenvalue weighted by molar-refractivity contribution is 5.93. The summed E-state index contributed by atoms with van der Waals surface area (Å²) >= 11 is 0. The van der Waals surface area contributed by atoms with Gasteiger partial charge in [-0.1, -0.05) is 13.8 Å². The molecule has 3 N–H and O–H groups in total. The predicted molar refractivity (Wildman–Crippen MR) is 92.5 cm³/mol. The van der Waals surface area contributed by atoms with Gasteiger partial charge >= 0.3 is 0 Å². The second-order valence-corrected chi connectivity index (χ2v) is 7.81. The van der Waals surface area contributed by atoms with Gasteiger partial charge in [0.15, 0.2) is 0 Å². The fourth-order valence-corrected chi connectivity index (χ4v) is 3.79. The molecule has 7 heteroatoms. The summed E-state index contributed by atoms with van der Waals surface area (Å²) in [6, 6.07) is -0.415. The predicted octanol–water partition coefficient (Wildman–Crippen LogP) is -0.597. The van der Waals surface area contributed by atoms with Crippen LogP contribution in [0.25, 0.3) is 0 Å². The lowest BCUT2D eigenvalue weighted by atomic mass is 9.88. The molecule has 0 aromatic heterocycles. The number of aliphatic hydroxyl groups is 1. The van der Waals surface area contributed by atoms with Crippen LogP contribution >= 0.6 is 0 Å². The van der Waals surface area contributed by atoms with Gasteiger partial charge in [-0.3, -0.25) is 14.5 Å². The number of amides is 2. The van der Waals surface area contributed by atoms with Gasteiger partial charge in [-0.25, -0.2) is 0 Å². The zero-order chi connectivity index (χ0) is 18.1. The lowest BCUT2D eigenvalue weighted by molar-refractivity contribution is -0.143. The molecule has 2 heterocycles. The number of β-lactam (4-membered cyclic amide) rings is 1. The number of carbonyl (C=O) groups is 2. The normalized spacial score (nSPS) is 29.5. The molecule has 2 rings (SSSR count). The quantitative estimate of drug-likeness (QED) is 0.539. The van der Waals surface area contributed by atoms with Crippen LogP contribution in [0.1, 0.15) is 33.6 Å². The average molecular weight is 340 g/mol. The lowest BCUT2D eigenvalue weighted by Crippen LogP contribution is -2.72. The number of likely N-dealkylation sites (N-methyl/N-ethyl adjacent to an activating group) is 1. The molecule has 0 aromatic rings. The molecule has 2 fully saturated rings. The third kappa shape index (κ3) is 3.58. The number of hydrogen-bond acceptors (Lipinski definition) is 5. The second kappa shape index (κ2) is 7.37. The fourth-order valence-electron chi connectivity index (χ4n) is 3.79. The van der Waals surface area contributed by atoms with Crippen molar-refractivity contribution in [2.24, 2.45) is 5.92 Å². The number of nitrogens with zero attached hydrogens (tertiary/aromatic N) is 2. The first-order valence-corrected chi connectivity index (χ1v) is 8.86. The molecule has 0 aliphatic carbocycles. The maximum Gasteiger partial charge on any atom is 0.242 e. The number of nitrogens with one attached hydrogen (secondary N) is 2. The molecule has 4 atom stereocenters. The first-order valence-electron chi connectivity index (χ1n) is 8.86. The molecule has 7 nitrogen and oxygen atoms in total. The van der Waals surface area contributed by atoms with E-state index < -0.39 is 12.1 Å². The van der Waals surface area contributed by atoms with E-state index in [9.17, 15) is 14.7 Å². The van der Waals surface area contributed by atoms with Crippen molar-refractivity contribution in [3.63, 3.8) is 0 Å². The third-order valence-corrected chi connectivity index (χ3v) is 5.17. The molecule has 24 heavy (non-hydrogen) atoms. The molecular weight excluding hydrogens is 308 g/mol. The SMILES string of the molecule is CC(C)CN1C(CN[C@H](C(=O)N(C)C)[C@@H](C)O)CCC12CNC2=O. The smallest absolute Gasteiger partial charge is 0.242 e. The molecular formula is C17H32N4O3. The summed E-state index contributed by atoms with van der Waals surface area (Å²) < 4.78 is 0. The molecule has 138 valence electrons. The minimum Gasteiger partial charge on any atom is -0.391 e. The Morgan fingerprint density at radius 1 is 1.46 bits per heavy atom. The van der Waals surface area contributed by atoms with Crippen LogP contribution in [0, 0.1) is 5.92 Å². The molecule has 0 saturated carbocycles. The van der Waals surface area contributed by atoms with Crippen LogP contribution in [0.3, 0.4) is 0 Å². The number of rotatable bonds is 7. The molecule has 0 bridgehead atoms. The molecule has 2 unspecified atom stereocenters. The molecule has 0 radical (unpaired) electrons. The summed E-state index contributed by atoms with van der Waals surface area (Å²) in [5.74, 6) is 0.462. The maximum atomic E-state index is 12.2. The van der Waals surface area contributed by atoms with E-state index in [1.807, 2.05) is 0 Å². The van der Waals surface area contributed by atoms with Crippen molar-refractivity contribution >= 4 is 11.8 Å². The number of hydrogen-bond donors (Lipinski definition) is 3. The zero-order valence-corrected chi connectivity index (χ0v) is 15.5. The first kappa shape index (κ1) is 19.1. The Morgan fingerprint density at radius 2 is 2.12 bits per heavy atom. The molecule has 0 aromatic carbocycles. The van der Waals surface area contributed by atoms with E-state index in [-0.39, 0.29) is 23.4 Å². The maximum absolute atomic E-state index is 12.2. The van der Waals surface area contributed by atoms with E-state index in [0.29, 0.717) is 19.0 Å². The van der Waals surface area contributed by atoms with Crippen LogP contribution < -0.4 is 10.6 Å². The Labute approximate surface area is 144 Å². The van der Waals surface area contributed by atoms with Gasteiger partial charge in [0.25, 0.3) is 0 Å². The Balaban J connectivity index is 2.04. The van der Waals surface area contributed by atoms with Crippen LogP contribution in [0.5, 0.6) is 0 Å². The van der Waals surface area contributed by atoms with E-state index in [1.165, 1.54) is 4.90 Å². The van der Waals surface area contributed by atoms with Crippen molar-refractivity contribution in [3.05, 3.63) is 0 Å². The van der Waals surface area contributed by atoms with Gasteiger partial charge in [-0.15, -0.1) is 0 Å². The first-order chi connectivity index (χ1) is 11.2. The van der Waals surface area contributed by atoms with E-state index >= 15 is 0 Å². The van der Waals surface area contributed by atoms with Crippen LogP contribution in [0.4, 0.5) is 0 Å². The van der Waals surface area contributed by atoms with Crippen molar-refractivity contribution in [2.75, 3.05) is 33.7 Å². The van der Waals surface area contributed by atoms with Gasteiger partial charge in [-0.05, 0) is 25.7 Å². The largest absolute Gasteiger partial charge is 0.391 e. The van der Waals surface area contributed by atoms with Crippen molar-refractivity contribution in [1.82, 2.24) is 20.4 Å². The van der Waals surface area contributed by atoms with Gasteiger partial charge in [0.2, 0.25) is 11.8 Å². The van der Waals surface area contributed by atoms with Gasteiger partial charge in [0.05, 0.1) is 6.10 Å². The number of likely N-dealkylation sites (tertiary alicyclic amines) is 1. The zero-order valence-electron chi connectivity index (χ0n) is 15.5. The highest BCUT2D eigenvalue weighted by Crippen LogP contribution is 2.38. The van der Waals surface area contributed by atoms with Crippen LogP contribution in [0.2, 0.25) is 0 Å². The minimum absolute atomic E-state index is 0.127. The standard InChI is InChI=1S/C17H32N4O3/c1-11(2)9-21-13(6-7-17(21)10-19-16(17)24)8-18-14(12(3)22)15(23)20(4)5/h11-14,18,22H,6-10H2,1-5H3,(H,19,24)/t12-,13?,14+,17?/m1/s1. The lowest BCUT2D eigenvalue weighted by Gasteiger charge is -2.47. The Morgan fingerprint density at radius 3 is 2.54 bits per heavy atom. The Bertz CT molecular complexity index is 480. The average Bonchev–Trinajstić information content (AvgIpc) is 2.85. The van der Waals surface area contributed by atoms with E-state index in [4.69, 9.17) is 0 Å². The summed E-state index contributed by atoms with van der Waals surface area (Å²) in [4.78, 5) is 28.2. The van der Waals surface area contributed by atoms with Crippen molar-refractivity contribution in [1.29, 1.82) is 0 Å². The topological polar surface area (TPSA) is 84.9 Å². The van der Waals surface area contributed by atoms with Crippen LogP contribution in [-0.2, 0) is 9.59 Å². The van der Waals surface area contributed by atoms with Crippen molar-refractivity contribution < 1.29 is 14.7 Å². The molecule has 2 aliphatic rings. The van der Waals surface area contributed by atoms with Gasteiger partial charge in [0.1, 0.15) is 11.6 Å². The summed E-state index contributed by atoms with van der Waals surface area (Å²) in [6.45, 7) is 8.10. The summed E-state index contributed by atoms with van der Waals surface area (Å²) in [7, 11) is 3.38. The number of carbonyl (C=O) groups excluding carboxylic acids is 2. The minimum atomic E-state index is -0.763. The Kier molecular flexibility index (Phi) is 5.88. The molecule has 2 saturated heterocycles. The van der Waals surface area contributed by atoms with E-state index in [1.54, 1.807) is 21.0 Å². The second-order valence-electron chi connectivity index (χ2n) is 7.81. The molecule has 2 aliphatic heterocycles. The van der Waals surface area contributed by atoms with Crippen molar-refractivity contribution in [2.45, 2.75) is 57.3 Å². The van der Waals surface area contributed by atoms with Crippen LogP contribution in [-0.4, -0.2) is 84.2 Å². The van der Waals surface area contributed by atoms with Gasteiger partial charge in [-0.2, -0.15) is 0 Å². The third-order valence-electron chi connectivity index (χ3n) is 5.17. The molecule has 2 amide bonds. The van der Waals surface area contributed by atoms with Crippen LogP contribution in [0.15, 0.2) is 0 Å². The number of aliphatic hydroxyl groups excluding tert-OH is 1. The molecule has 1 spiro atoms. The monoisotopic (exact) mass is 340 g/mol. The van der Waals surface area contributed by atoms with Gasteiger partial charge in [0, 0.05) is 39.8 Å². The summed E-state index contributed by atoms with van der Waals surface area (Å²) in [5.41, 5.74) is -0.359.